The average molecular weight is 517 g/mol. The van der Waals surface area contributed by atoms with Crippen molar-refractivity contribution >= 4 is 61.4 Å². The summed E-state index contributed by atoms with van der Waals surface area (Å²) in [6.07, 6.45) is -4.00. The van der Waals surface area contributed by atoms with E-state index < -0.39 is 38.7 Å². The van der Waals surface area contributed by atoms with Crippen LogP contribution >= 0.6 is 34.7 Å². The van der Waals surface area contributed by atoms with Crippen LogP contribution in [0.4, 0.5) is 24.0 Å². The average Bonchev–Trinajstić information content (AvgIpc) is 3.06. The van der Waals surface area contributed by atoms with Crippen LogP contribution in [0, 0.1) is 5.92 Å². The lowest BCUT2D eigenvalue weighted by Gasteiger charge is -2.28. The van der Waals surface area contributed by atoms with Gasteiger partial charge in [0, 0.05) is 5.75 Å². The maximum Gasteiger partial charge on any atom is 0.417 e. The van der Waals surface area contributed by atoms with E-state index in [0.717, 1.165) is 35.5 Å². The molecular weight excluding hydrogens is 497 g/mol. The van der Waals surface area contributed by atoms with Crippen LogP contribution in [-0.4, -0.2) is 42.6 Å². The van der Waals surface area contributed by atoms with Gasteiger partial charge in [0.05, 0.1) is 22.5 Å². The smallest absolute Gasteiger partial charge is 0.299 e. The minimum absolute atomic E-state index is 0.156. The Hall–Kier alpha value is -1.57. The molecule has 1 amide bonds. The second-order valence-corrected chi connectivity index (χ2v) is 11.5. The highest BCUT2D eigenvalue weighted by Gasteiger charge is 2.36. The predicted molar refractivity (Wildman–Crippen MR) is 117 cm³/mol. The van der Waals surface area contributed by atoms with Crippen LogP contribution in [0.1, 0.15) is 26.3 Å². The Balaban J connectivity index is 2.29. The highest BCUT2D eigenvalue weighted by molar-refractivity contribution is 8.01. The van der Waals surface area contributed by atoms with Gasteiger partial charge >= 0.3 is 6.18 Å². The molecule has 1 heterocycles. The summed E-state index contributed by atoms with van der Waals surface area (Å²) in [4.78, 5) is 12.7. The maximum absolute atomic E-state index is 13.2. The number of hydrogen-bond donors (Lipinski definition) is 1. The van der Waals surface area contributed by atoms with Gasteiger partial charge in [0.2, 0.25) is 21.1 Å². The van der Waals surface area contributed by atoms with E-state index >= 15 is 0 Å². The number of aromatic nitrogens is 2. The number of amides is 1. The minimum atomic E-state index is -4.79. The number of anilines is 2. The van der Waals surface area contributed by atoms with Gasteiger partial charge in [0.1, 0.15) is 6.04 Å². The molecule has 31 heavy (non-hydrogen) atoms. The third-order valence-corrected chi connectivity index (χ3v) is 7.75. The van der Waals surface area contributed by atoms with Gasteiger partial charge in [0.15, 0.2) is 4.34 Å². The van der Waals surface area contributed by atoms with E-state index in [-0.39, 0.29) is 10.8 Å². The Bertz CT molecular complexity index is 1040. The number of carbonyl (C=O) groups excluding carboxylic acids is 1. The quantitative estimate of drug-likeness (QED) is 0.402. The molecule has 2 rings (SSSR count). The molecule has 1 aromatic carbocycles. The molecule has 0 fully saturated rings. The number of hydrogen-bond acceptors (Lipinski definition) is 7. The lowest BCUT2D eigenvalue weighted by atomic mass is 10.1. The number of nitrogens with one attached hydrogen (secondary N) is 1. The third-order valence-electron chi connectivity index (χ3n) is 3.78. The molecule has 0 bridgehead atoms. The van der Waals surface area contributed by atoms with Gasteiger partial charge in [-0.05, 0) is 31.0 Å². The molecule has 0 aliphatic carbocycles. The first-order valence-corrected chi connectivity index (χ1v) is 12.9. The molecule has 0 saturated heterocycles. The van der Waals surface area contributed by atoms with Crippen LogP contribution in [0.5, 0.6) is 0 Å². The molecule has 172 valence electrons. The summed E-state index contributed by atoms with van der Waals surface area (Å²) >= 11 is 8.20. The monoisotopic (exact) mass is 516 g/mol. The summed E-state index contributed by atoms with van der Waals surface area (Å²) in [5.74, 6) is 0.459. The van der Waals surface area contributed by atoms with Crippen molar-refractivity contribution < 1.29 is 26.4 Å². The van der Waals surface area contributed by atoms with Gasteiger partial charge in [-0.2, -0.15) is 13.2 Å². The SMILES string of the molecule is CC(C)CSc1nnc(NC(=O)C(C)N(c2ccc(Cl)c(C(F)(F)F)c2)S(C)(=O)=O)s1. The Morgan fingerprint density at radius 2 is 1.94 bits per heavy atom. The molecule has 1 atom stereocenters. The Morgan fingerprint density at radius 3 is 2.48 bits per heavy atom. The molecule has 0 spiro atoms. The number of sulfonamides is 1. The van der Waals surface area contributed by atoms with Crippen LogP contribution < -0.4 is 9.62 Å². The molecule has 7 nitrogen and oxygen atoms in total. The molecular formula is C17H20ClF3N4O3S3. The number of rotatable bonds is 8. The van der Waals surface area contributed by atoms with E-state index in [1.54, 1.807) is 0 Å². The van der Waals surface area contributed by atoms with Crippen molar-refractivity contribution in [1.29, 1.82) is 0 Å². The first-order chi connectivity index (χ1) is 14.2. The molecule has 1 unspecified atom stereocenters. The third kappa shape index (κ3) is 6.96. The molecule has 1 aromatic heterocycles. The predicted octanol–water partition coefficient (Wildman–Crippen LogP) is 4.75. The highest BCUT2D eigenvalue weighted by atomic mass is 35.5. The van der Waals surface area contributed by atoms with Crippen molar-refractivity contribution in [2.45, 2.75) is 37.3 Å². The van der Waals surface area contributed by atoms with Crippen molar-refractivity contribution in [2.24, 2.45) is 5.92 Å². The lowest BCUT2D eigenvalue weighted by molar-refractivity contribution is -0.137. The Kier molecular flexibility index (Phi) is 8.22. The van der Waals surface area contributed by atoms with E-state index in [2.05, 4.69) is 15.5 Å². The van der Waals surface area contributed by atoms with Crippen molar-refractivity contribution in [3.63, 3.8) is 0 Å². The fourth-order valence-electron chi connectivity index (χ4n) is 2.44. The van der Waals surface area contributed by atoms with Gasteiger partial charge in [-0.25, -0.2) is 8.42 Å². The van der Waals surface area contributed by atoms with Crippen LogP contribution in [0.3, 0.4) is 0 Å². The fourth-order valence-corrected chi connectivity index (χ4v) is 5.57. The molecule has 14 heteroatoms. The molecule has 0 radical (unpaired) electrons. The Labute approximate surface area is 191 Å². The first-order valence-electron chi connectivity index (χ1n) is 8.83. The largest absolute Gasteiger partial charge is 0.417 e. The van der Waals surface area contributed by atoms with Gasteiger partial charge in [-0.3, -0.25) is 14.4 Å². The number of benzene rings is 1. The number of carbonyl (C=O) groups is 1. The van der Waals surface area contributed by atoms with Crippen molar-refractivity contribution in [3.05, 3.63) is 28.8 Å². The number of alkyl halides is 3. The van der Waals surface area contributed by atoms with E-state index in [4.69, 9.17) is 11.6 Å². The second-order valence-electron chi connectivity index (χ2n) is 6.96. The molecule has 0 aliphatic rings. The van der Waals surface area contributed by atoms with Gasteiger partial charge in [-0.1, -0.05) is 48.5 Å². The molecule has 0 saturated carbocycles. The number of thioether (sulfide) groups is 1. The topological polar surface area (TPSA) is 92.3 Å². The zero-order chi connectivity index (χ0) is 23.6. The summed E-state index contributed by atoms with van der Waals surface area (Å²) in [6.45, 7) is 5.34. The van der Waals surface area contributed by atoms with E-state index in [0.29, 0.717) is 20.6 Å². The first kappa shape index (κ1) is 25.7. The van der Waals surface area contributed by atoms with E-state index in [1.807, 2.05) is 13.8 Å². The minimum Gasteiger partial charge on any atom is -0.299 e. The summed E-state index contributed by atoms with van der Waals surface area (Å²) < 4.78 is 65.5. The van der Waals surface area contributed by atoms with Gasteiger partial charge < -0.3 is 0 Å². The van der Waals surface area contributed by atoms with Crippen LogP contribution in [0.15, 0.2) is 22.5 Å². The number of nitrogens with zero attached hydrogens (tertiary/aromatic N) is 3. The van der Waals surface area contributed by atoms with Crippen LogP contribution in [0.25, 0.3) is 0 Å². The highest BCUT2D eigenvalue weighted by Crippen LogP contribution is 2.38. The van der Waals surface area contributed by atoms with Crippen LogP contribution in [-0.2, 0) is 21.0 Å². The molecule has 2 aromatic rings. The standard InChI is InChI=1S/C17H20ClF3N4O3S3/c1-9(2)8-29-16-24-23-15(30-16)22-14(26)10(3)25(31(4,27)28)11-5-6-13(18)12(7-11)17(19,20)21/h5-7,9-10H,8H2,1-4H3,(H,22,23,26). The second kappa shape index (κ2) is 9.92. The maximum atomic E-state index is 13.2. The van der Waals surface area contributed by atoms with Gasteiger partial charge in [-0.15, -0.1) is 10.2 Å². The summed E-state index contributed by atoms with van der Waals surface area (Å²) in [5, 5.41) is 9.84. The molecule has 1 N–H and O–H groups in total. The van der Waals surface area contributed by atoms with E-state index in [1.165, 1.54) is 18.7 Å². The summed E-state index contributed by atoms with van der Waals surface area (Å²) in [5.41, 5.74) is -1.55. The lowest BCUT2D eigenvalue weighted by Crippen LogP contribution is -2.45. The van der Waals surface area contributed by atoms with Gasteiger partial charge in [0.25, 0.3) is 0 Å². The summed E-state index contributed by atoms with van der Waals surface area (Å²) in [7, 11) is -4.12. The zero-order valence-corrected chi connectivity index (χ0v) is 20.1. The summed E-state index contributed by atoms with van der Waals surface area (Å²) in [6, 6.07) is 1.27. The van der Waals surface area contributed by atoms with Crippen molar-refractivity contribution in [1.82, 2.24) is 10.2 Å². The van der Waals surface area contributed by atoms with Crippen molar-refractivity contribution in [3.8, 4) is 0 Å². The Morgan fingerprint density at radius 1 is 1.29 bits per heavy atom. The normalized spacial score (nSPS) is 13.3. The fraction of sp³-hybridized carbons (Fsp3) is 0.471. The van der Waals surface area contributed by atoms with Crippen LogP contribution in [0.2, 0.25) is 5.02 Å². The zero-order valence-electron chi connectivity index (χ0n) is 16.9. The van der Waals surface area contributed by atoms with E-state index in [9.17, 15) is 26.4 Å². The van der Waals surface area contributed by atoms with Crippen molar-refractivity contribution in [2.75, 3.05) is 21.6 Å². The molecule has 0 aliphatic heterocycles. The number of halogens is 4.